The molecular weight excluding hydrogens is 328 g/mol. The molecule has 0 unspecified atom stereocenters. The van der Waals surface area contributed by atoms with Crippen molar-refractivity contribution in [2.24, 2.45) is 5.92 Å². The zero-order valence-corrected chi connectivity index (χ0v) is 15.9. The molecule has 1 saturated heterocycles. The van der Waals surface area contributed by atoms with Crippen molar-refractivity contribution >= 4 is 17.3 Å². The van der Waals surface area contributed by atoms with Crippen LogP contribution < -0.4 is 5.32 Å². The SMILES string of the molecule is O[C@@]12CCCC[C@H]1C1(CCCCC1)NC(=S)N2CCc1ccccc1. The lowest BCUT2D eigenvalue weighted by molar-refractivity contribution is -0.181. The van der Waals surface area contributed by atoms with Crippen LogP contribution in [0.2, 0.25) is 0 Å². The van der Waals surface area contributed by atoms with Crippen molar-refractivity contribution in [2.75, 3.05) is 6.54 Å². The molecule has 1 aliphatic heterocycles. The van der Waals surface area contributed by atoms with Crippen molar-refractivity contribution in [1.82, 2.24) is 10.2 Å². The Morgan fingerprint density at radius 1 is 1.04 bits per heavy atom. The molecule has 2 atom stereocenters. The highest BCUT2D eigenvalue weighted by atomic mass is 32.1. The van der Waals surface area contributed by atoms with Gasteiger partial charge in [0.05, 0.1) is 0 Å². The summed E-state index contributed by atoms with van der Waals surface area (Å²) in [5.41, 5.74) is 0.583. The minimum absolute atomic E-state index is 0.0355. The Bertz CT molecular complexity index is 614. The van der Waals surface area contributed by atoms with E-state index >= 15 is 0 Å². The number of benzene rings is 1. The summed E-state index contributed by atoms with van der Waals surface area (Å²) in [6.07, 6.45) is 11.4. The summed E-state index contributed by atoms with van der Waals surface area (Å²) >= 11 is 5.79. The van der Waals surface area contributed by atoms with Crippen molar-refractivity contribution in [2.45, 2.75) is 75.5 Å². The Labute approximate surface area is 156 Å². The molecule has 25 heavy (non-hydrogen) atoms. The number of hydrogen-bond donors (Lipinski definition) is 2. The van der Waals surface area contributed by atoms with Gasteiger partial charge in [0.2, 0.25) is 0 Å². The molecule has 136 valence electrons. The van der Waals surface area contributed by atoms with Crippen molar-refractivity contribution < 1.29 is 5.11 Å². The van der Waals surface area contributed by atoms with E-state index in [2.05, 4.69) is 34.5 Å². The molecule has 0 aromatic heterocycles. The number of aliphatic hydroxyl groups is 1. The van der Waals surface area contributed by atoms with Crippen LogP contribution in [0.5, 0.6) is 0 Å². The minimum atomic E-state index is -0.757. The molecule has 0 radical (unpaired) electrons. The quantitative estimate of drug-likeness (QED) is 0.801. The predicted molar refractivity (Wildman–Crippen MR) is 105 cm³/mol. The molecular formula is C21H30N2OS. The second-order valence-electron chi connectivity index (χ2n) is 8.21. The van der Waals surface area contributed by atoms with Crippen molar-refractivity contribution in [3.8, 4) is 0 Å². The van der Waals surface area contributed by atoms with Gasteiger partial charge in [-0.1, -0.05) is 56.0 Å². The second-order valence-corrected chi connectivity index (χ2v) is 8.60. The number of nitrogens with one attached hydrogen (secondary N) is 1. The third-order valence-corrected chi connectivity index (χ3v) is 7.12. The van der Waals surface area contributed by atoms with E-state index in [1.807, 2.05) is 6.07 Å². The molecule has 0 amide bonds. The fraction of sp³-hybridized carbons (Fsp3) is 0.667. The van der Waals surface area contributed by atoms with Crippen LogP contribution in [-0.2, 0) is 6.42 Å². The van der Waals surface area contributed by atoms with Gasteiger partial charge in [-0.25, -0.2) is 0 Å². The lowest BCUT2D eigenvalue weighted by atomic mass is 9.62. The third-order valence-electron chi connectivity index (χ3n) is 6.79. The number of thiocarbonyl (C=S) groups is 1. The van der Waals surface area contributed by atoms with Gasteiger partial charge in [0.1, 0.15) is 5.72 Å². The van der Waals surface area contributed by atoms with Crippen LogP contribution in [0.15, 0.2) is 30.3 Å². The molecule has 2 aliphatic carbocycles. The highest BCUT2D eigenvalue weighted by molar-refractivity contribution is 7.80. The third kappa shape index (κ3) is 3.08. The maximum atomic E-state index is 11.8. The van der Waals surface area contributed by atoms with Crippen molar-refractivity contribution in [1.29, 1.82) is 0 Å². The summed E-state index contributed by atoms with van der Waals surface area (Å²) in [6.45, 7) is 0.791. The van der Waals surface area contributed by atoms with E-state index < -0.39 is 5.72 Å². The van der Waals surface area contributed by atoms with E-state index in [1.54, 1.807) is 0 Å². The zero-order chi connectivity index (χ0) is 17.3. The maximum Gasteiger partial charge on any atom is 0.171 e. The topological polar surface area (TPSA) is 35.5 Å². The second kappa shape index (κ2) is 6.88. The normalized spacial score (nSPS) is 31.5. The molecule has 1 spiro atoms. The Balaban J connectivity index is 1.58. The number of nitrogens with zero attached hydrogens (tertiary/aromatic N) is 1. The van der Waals surface area contributed by atoms with Crippen LogP contribution in [0.4, 0.5) is 0 Å². The first-order valence-electron chi connectivity index (χ1n) is 10.0. The lowest BCUT2D eigenvalue weighted by Gasteiger charge is -2.61. The van der Waals surface area contributed by atoms with Gasteiger partial charge in [-0.3, -0.25) is 0 Å². The Hall–Kier alpha value is -1.13. The molecule has 3 aliphatic rings. The van der Waals surface area contributed by atoms with Gasteiger partial charge in [-0.05, 0) is 56.3 Å². The summed E-state index contributed by atoms with van der Waals surface area (Å²) in [5, 5.41) is 16.3. The molecule has 3 fully saturated rings. The predicted octanol–water partition coefficient (Wildman–Crippen LogP) is 4.00. The number of hydrogen-bond acceptors (Lipinski definition) is 2. The first-order valence-corrected chi connectivity index (χ1v) is 10.4. The van der Waals surface area contributed by atoms with Crippen molar-refractivity contribution in [3.05, 3.63) is 35.9 Å². The maximum absolute atomic E-state index is 11.8. The Morgan fingerprint density at radius 2 is 1.76 bits per heavy atom. The van der Waals surface area contributed by atoms with Gasteiger partial charge in [-0.2, -0.15) is 0 Å². The summed E-state index contributed by atoms with van der Waals surface area (Å²) in [4.78, 5) is 2.12. The molecule has 1 heterocycles. The van der Waals surface area contributed by atoms with Gasteiger partial charge in [-0.15, -0.1) is 0 Å². The molecule has 1 aromatic rings. The van der Waals surface area contributed by atoms with Crippen LogP contribution in [-0.4, -0.2) is 32.9 Å². The minimum Gasteiger partial charge on any atom is -0.370 e. The van der Waals surface area contributed by atoms with E-state index in [1.165, 1.54) is 31.2 Å². The summed E-state index contributed by atoms with van der Waals surface area (Å²) in [5.74, 6) is 0.302. The fourth-order valence-corrected chi connectivity index (χ4v) is 6.01. The van der Waals surface area contributed by atoms with Crippen LogP contribution >= 0.6 is 12.2 Å². The van der Waals surface area contributed by atoms with Gasteiger partial charge in [0.25, 0.3) is 0 Å². The zero-order valence-electron chi connectivity index (χ0n) is 15.0. The van der Waals surface area contributed by atoms with Crippen LogP contribution in [0, 0.1) is 5.92 Å². The largest absolute Gasteiger partial charge is 0.370 e. The molecule has 2 N–H and O–H groups in total. The lowest BCUT2D eigenvalue weighted by Crippen LogP contribution is -2.75. The summed E-state index contributed by atoms with van der Waals surface area (Å²) < 4.78 is 0. The molecule has 1 aromatic carbocycles. The first kappa shape index (κ1) is 17.3. The molecule has 3 nitrogen and oxygen atoms in total. The molecule has 0 bridgehead atoms. The average Bonchev–Trinajstić information content (AvgIpc) is 2.63. The Kier molecular flexibility index (Phi) is 4.76. The average molecular weight is 359 g/mol. The van der Waals surface area contributed by atoms with E-state index in [0.29, 0.717) is 5.92 Å². The fourth-order valence-electron chi connectivity index (χ4n) is 5.56. The molecule has 2 saturated carbocycles. The summed E-state index contributed by atoms with van der Waals surface area (Å²) in [6, 6.07) is 10.5. The van der Waals surface area contributed by atoms with Gasteiger partial charge in [0, 0.05) is 18.0 Å². The Morgan fingerprint density at radius 3 is 2.52 bits per heavy atom. The van der Waals surface area contributed by atoms with E-state index in [9.17, 15) is 5.11 Å². The van der Waals surface area contributed by atoms with Crippen LogP contribution in [0.1, 0.15) is 63.4 Å². The highest BCUT2D eigenvalue weighted by Crippen LogP contribution is 2.50. The van der Waals surface area contributed by atoms with Crippen molar-refractivity contribution in [3.63, 3.8) is 0 Å². The molecule has 4 rings (SSSR count). The van der Waals surface area contributed by atoms with Crippen LogP contribution in [0.3, 0.4) is 0 Å². The smallest absolute Gasteiger partial charge is 0.171 e. The highest BCUT2D eigenvalue weighted by Gasteiger charge is 2.58. The van der Waals surface area contributed by atoms with E-state index in [-0.39, 0.29) is 5.54 Å². The van der Waals surface area contributed by atoms with Gasteiger partial charge < -0.3 is 15.3 Å². The summed E-state index contributed by atoms with van der Waals surface area (Å²) in [7, 11) is 0. The molecule has 4 heteroatoms. The number of rotatable bonds is 3. The van der Waals surface area contributed by atoms with Gasteiger partial charge >= 0.3 is 0 Å². The standard InChI is InChI=1S/C21H30N2OS/c24-21-15-8-5-11-18(21)20(13-6-2-7-14-20)22-19(25)23(21)16-12-17-9-3-1-4-10-17/h1,3-4,9-10,18,24H,2,5-8,11-16H2,(H,22,25)/t18-,21-/m0/s1. The van der Waals surface area contributed by atoms with Gasteiger partial charge in [0.15, 0.2) is 5.11 Å². The first-order chi connectivity index (χ1) is 12.1. The van der Waals surface area contributed by atoms with Crippen LogP contribution in [0.25, 0.3) is 0 Å². The van der Waals surface area contributed by atoms with E-state index in [4.69, 9.17) is 12.2 Å². The van der Waals surface area contributed by atoms with E-state index in [0.717, 1.165) is 50.2 Å². The monoisotopic (exact) mass is 358 g/mol. The number of fused-ring (bicyclic) bond motifs is 2.